The van der Waals surface area contributed by atoms with Crippen molar-refractivity contribution in [3.05, 3.63) is 51.9 Å². The average molecular weight is 506 g/mol. The molecule has 3 N–H and O–H groups in total. The number of fused-ring (bicyclic) bond motifs is 1. The molecule has 35 heavy (non-hydrogen) atoms. The Kier molecular flexibility index (Phi) is 6.65. The monoisotopic (exact) mass is 505 g/mol. The van der Waals surface area contributed by atoms with Crippen molar-refractivity contribution >= 4 is 28.8 Å². The summed E-state index contributed by atoms with van der Waals surface area (Å²) >= 11 is 6.28. The number of aromatic nitrogens is 3. The quantitative estimate of drug-likeness (QED) is 0.528. The van der Waals surface area contributed by atoms with Crippen LogP contribution in [0.15, 0.2) is 18.5 Å². The van der Waals surface area contributed by atoms with Crippen molar-refractivity contribution in [2.75, 3.05) is 25.9 Å². The Balaban J connectivity index is 1.94. The molecule has 3 heterocycles. The fourth-order valence-electron chi connectivity index (χ4n) is 4.49. The van der Waals surface area contributed by atoms with Gasteiger partial charge in [0.05, 0.1) is 22.9 Å². The first-order valence-electron chi connectivity index (χ1n) is 11.3. The Morgan fingerprint density at radius 2 is 2.14 bits per heavy atom. The van der Waals surface area contributed by atoms with Gasteiger partial charge in [-0.15, -0.1) is 0 Å². The van der Waals surface area contributed by atoms with Crippen LogP contribution in [0.25, 0.3) is 5.52 Å². The molecule has 1 aliphatic rings. The topological polar surface area (TPSA) is 115 Å². The lowest BCUT2D eigenvalue weighted by molar-refractivity contribution is 0.0704. The predicted octanol–water partition coefficient (Wildman–Crippen LogP) is 3.32. The first-order valence-corrected chi connectivity index (χ1v) is 11.7. The molecule has 1 amide bonds. The Morgan fingerprint density at radius 3 is 2.77 bits per heavy atom. The van der Waals surface area contributed by atoms with E-state index in [0.717, 1.165) is 0 Å². The number of aliphatic hydroxyl groups is 1. The second-order valence-corrected chi connectivity index (χ2v) is 9.52. The zero-order valence-corrected chi connectivity index (χ0v) is 21.1. The zero-order valence-electron chi connectivity index (χ0n) is 20.3. The van der Waals surface area contributed by atoms with Crippen LogP contribution in [-0.4, -0.2) is 62.7 Å². The van der Waals surface area contributed by atoms with Gasteiger partial charge in [-0.3, -0.25) is 9.20 Å². The van der Waals surface area contributed by atoms with Crippen LogP contribution in [0.1, 0.15) is 54.6 Å². The highest BCUT2D eigenvalue weighted by atomic mass is 35.5. The van der Waals surface area contributed by atoms with Gasteiger partial charge in [0.2, 0.25) is 0 Å². The number of likely N-dealkylation sites (tertiary alicyclic amines) is 1. The molecular formula is C24H29ClFN5O4. The van der Waals surface area contributed by atoms with Crippen molar-refractivity contribution in [1.29, 1.82) is 0 Å². The van der Waals surface area contributed by atoms with E-state index in [0.29, 0.717) is 30.7 Å². The third kappa shape index (κ3) is 4.30. The van der Waals surface area contributed by atoms with Crippen molar-refractivity contribution in [1.82, 2.24) is 19.3 Å². The third-order valence-electron chi connectivity index (χ3n) is 6.22. The Morgan fingerprint density at radius 1 is 1.43 bits per heavy atom. The van der Waals surface area contributed by atoms with Crippen LogP contribution in [0, 0.1) is 12.7 Å². The van der Waals surface area contributed by atoms with Gasteiger partial charge in [0.25, 0.3) is 5.91 Å². The highest BCUT2D eigenvalue weighted by Crippen LogP contribution is 2.42. The number of nitrogen functional groups attached to an aromatic ring is 1. The van der Waals surface area contributed by atoms with Gasteiger partial charge in [0.1, 0.15) is 34.1 Å². The minimum atomic E-state index is -1.85. The highest BCUT2D eigenvalue weighted by molar-refractivity contribution is 6.31. The molecule has 0 spiro atoms. The molecule has 0 saturated carbocycles. The van der Waals surface area contributed by atoms with Gasteiger partial charge >= 0.3 is 0 Å². The maximum atomic E-state index is 15.5. The number of nitrogens with two attached hydrogens (primary N) is 1. The number of halogens is 2. The average Bonchev–Trinajstić information content (AvgIpc) is 3.41. The van der Waals surface area contributed by atoms with E-state index in [4.69, 9.17) is 26.8 Å². The number of hydrogen-bond donors (Lipinski definition) is 2. The summed E-state index contributed by atoms with van der Waals surface area (Å²) in [5, 5.41) is 11.6. The number of benzene rings is 1. The van der Waals surface area contributed by atoms with E-state index in [1.807, 2.05) is 0 Å². The van der Waals surface area contributed by atoms with Crippen molar-refractivity contribution in [3.8, 4) is 5.75 Å². The Labute approximate surface area is 207 Å². The summed E-state index contributed by atoms with van der Waals surface area (Å²) in [5.74, 6) is -1.16. The van der Waals surface area contributed by atoms with Crippen LogP contribution in [0.5, 0.6) is 5.75 Å². The first kappa shape index (κ1) is 25.2. The van der Waals surface area contributed by atoms with Gasteiger partial charge in [-0.2, -0.15) is 0 Å². The van der Waals surface area contributed by atoms with Crippen molar-refractivity contribution in [2.45, 2.75) is 51.9 Å². The molecule has 3 aromatic rings. The van der Waals surface area contributed by atoms with E-state index in [-0.39, 0.29) is 39.6 Å². The largest absolute Gasteiger partial charge is 0.490 e. The van der Waals surface area contributed by atoms with Gasteiger partial charge in [-0.25, -0.2) is 14.4 Å². The lowest BCUT2D eigenvalue weighted by Crippen LogP contribution is -2.33. The second-order valence-electron chi connectivity index (χ2n) is 9.11. The lowest BCUT2D eigenvalue weighted by Gasteiger charge is -2.29. The van der Waals surface area contributed by atoms with E-state index < -0.39 is 23.4 Å². The minimum absolute atomic E-state index is 0.0887. The first-order chi connectivity index (χ1) is 16.5. The lowest BCUT2D eigenvalue weighted by atomic mass is 9.91. The number of carbonyl (C=O) groups is 1. The minimum Gasteiger partial charge on any atom is -0.490 e. The molecule has 2 aromatic heterocycles. The van der Waals surface area contributed by atoms with Crippen LogP contribution in [0.3, 0.4) is 0 Å². The van der Waals surface area contributed by atoms with E-state index in [1.54, 1.807) is 38.5 Å². The number of amides is 1. The van der Waals surface area contributed by atoms with Crippen LogP contribution in [-0.2, 0) is 10.3 Å². The number of rotatable bonds is 6. The fourth-order valence-corrected chi connectivity index (χ4v) is 4.69. The molecular weight excluding hydrogens is 477 g/mol. The molecule has 9 nitrogen and oxygen atoms in total. The smallest absolute Gasteiger partial charge is 0.260 e. The summed E-state index contributed by atoms with van der Waals surface area (Å²) in [6, 6.07) is 1.27. The van der Waals surface area contributed by atoms with Crippen molar-refractivity contribution in [2.24, 2.45) is 0 Å². The molecule has 0 bridgehead atoms. The number of ether oxygens (including phenoxy) is 2. The van der Waals surface area contributed by atoms with Gasteiger partial charge in [0.15, 0.2) is 5.82 Å². The molecule has 2 atom stereocenters. The zero-order chi connectivity index (χ0) is 25.7. The SMILES string of the molecule is CO[C@H]1CCN(C(=O)c2c(F)c(Cl)cc([C@](C)(O)c3nc(C)c4c(N)nccn34)c2OC(C)C)C1. The summed E-state index contributed by atoms with van der Waals surface area (Å²) in [6.07, 6.45) is 3.16. The molecule has 188 valence electrons. The number of hydrogen-bond acceptors (Lipinski definition) is 7. The molecule has 1 aromatic carbocycles. The molecule has 0 radical (unpaired) electrons. The second kappa shape index (κ2) is 9.25. The van der Waals surface area contributed by atoms with Crippen LogP contribution < -0.4 is 10.5 Å². The summed E-state index contributed by atoms with van der Waals surface area (Å²) < 4.78 is 28.4. The molecule has 11 heteroatoms. The van der Waals surface area contributed by atoms with E-state index in [1.165, 1.54) is 24.1 Å². The van der Waals surface area contributed by atoms with Crippen LogP contribution in [0.2, 0.25) is 5.02 Å². The third-order valence-corrected chi connectivity index (χ3v) is 6.50. The Hall–Kier alpha value is -2.95. The summed E-state index contributed by atoms with van der Waals surface area (Å²) in [4.78, 5) is 23.6. The van der Waals surface area contributed by atoms with E-state index >= 15 is 4.39 Å². The highest BCUT2D eigenvalue weighted by Gasteiger charge is 2.40. The fraction of sp³-hybridized carbons (Fsp3) is 0.458. The molecule has 0 unspecified atom stereocenters. The summed E-state index contributed by atoms with van der Waals surface area (Å²) in [5.41, 5.74) is 5.03. The van der Waals surface area contributed by atoms with Gasteiger partial charge in [0, 0.05) is 38.2 Å². The summed E-state index contributed by atoms with van der Waals surface area (Å²) in [6.45, 7) is 7.43. The number of carbonyl (C=O) groups excluding carboxylic acids is 1. The van der Waals surface area contributed by atoms with E-state index in [2.05, 4.69) is 9.97 Å². The molecule has 1 aliphatic heterocycles. The number of imidazole rings is 1. The Bertz CT molecular complexity index is 1290. The van der Waals surface area contributed by atoms with Crippen molar-refractivity contribution in [3.63, 3.8) is 0 Å². The molecule has 0 aliphatic carbocycles. The molecule has 1 saturated heterocycles. The van der Waals surface area contributed by atoms with Gasteiger partial charge in [-0.1, -0.05) is 11.6 Å². The molecule has 4 rings (SSSR count). The normalized spacial score (nSPS) is 17.9. The summed E-state index contributed by atoms with van der Waals surface area (Å²) in [7, 11) is 1.57. The van der Waals surface area contributed by atoms with E-state index in [9.17, 15) is 9.90 Å². The van der Waals surface area contributed by atoms with Crippen molar-refractivity contribution < 1.29 is 23.8 Å². The maximum Gasteiger partial charge on any atom is 0.260 e. The van der Waals surface area contributed by atoms with Gasteiger partial charge in [-0.05, 0) is 40.2 Å². The maximum absolute atomic E-state index is 15.5. The standard InChI is InChI=1S/C24H29ClFN5O4/c1-12(2)35-20-15(24(4,33)23-29-13(3)19-21(27)28-7-9-31(19)23)10-16(25)18(26)17(20)22(32)30-8-6-14(11-30)34-5/h7,9-10,12,14,33H,6,8,11H2,1-5H3,(H2,27,28)/t14-,24-/m0/s1. The van der Waals surface area contributed by atoms with Crippen LogP contribution in [0.4, 0.5) is 10.2 Å². The predicted molar refractivity (Wildman–Crippen MR) is 129 cm³/mol. The number of aryl methyl sites for hydroxylation is 1. The van der Waals surface area contributed by atoms with Gasteiger partial charge < -0.3 is 25.2 Å². The number of anilines is 1. The number of methoxy groups -OCH3 is 1. The number of nitrogens with zero attached hydrogens (tertiary/aromatic N) is 4. The van der Waals surface area contributed by atoms with Crippen LogP contribution >= 0.6 is 11.6 Å². The molecule has 1 fully saturated rings.